The summed E-state index contributed by atoms with van der Waals surface area (Å²) in [5.41, 5.74) is 0.0873. The summed E-state index contributed by atoms with van der Waals surface area (Å²) in [4.78, 5) is 30.6. The first-order valence-electron chi connectivity index (χ1n) is 5.70. The number of hydrogen-bond acceptors (Lipinski definition) is 4. The Hall–Kier alpha value is -1.85. The largest absolute Gasteiger partial charge is 0.436 e. The molecular weight excluding hydrogens is 222 g/mol. The van der Waals surface area contributed by atoms with E-state index >= 15 is 0 Å². The van der Waals surface area contributed by atoms with Crippen LogP contribution in [-0.2, 0) is 0 Å². The maximum atomic E-state index is 11.7. The molecule has 1 aliphatic heterocycles. The van der Waals surface area contributed by atoms with Crippen LogP contribution in [0.5, 0.6) is 0 Å². The predicted octanol–water partition coefficient (Wildman–Crippen LogP) is 0.586. The van der Waals surface area contributed by atoms with Gasteiger partial charge in [-0.1, -0.05) is 0 Å². The van der Waals surface area contributed by atoms with Crippen LogP contribution in [0.4, 0.5) is 4.79 Å². The molecule has 0 radical (unpaired) electrons. The summed E-state index contributed by atoms with van der Waals surface area (Å²) in [6.45, 7) is 3.01. The van der Waals surface area contributed by atoms with Crippen LogP contribution in [0.3, 0.4) is 0 Å². The summed E-state index contributed by atoms with van der Waals surface area (Å²) >= 11 is 0. The zero-order chi connectivity index (χ0) is 12.3. The van der Waals surface area contributed by atoms with Gasteiger partial charge in [0, 0.05) is 18.7 Å². The fourth-order valence-corrected chi connectivity index (χ4v) is 1.75. The maximum absolute atomic E-state index is 11.7. The molecule has 6 heteroatoms. The number of piperidine rings is 1. The molecule has 1 fully saturated rings. The Balaban J connectivity index is 2.07. The molecule has 17 heavy (non-hydrogen) atoms. The van der Waals surface area contributed by atoms with Crippen molar-refractivity contribution < 1.29 is 9.63 Å². The molecule has 0 aromatic carbocycles. The molecule has 1 amide bonds. The van der Waals surface area contributed by atoms with Gasteiger partial charge in [-0.05, 0) is 37.1 Å². The summed E-state index contributed by atoms with van der Waals surface area (Å²) in [6, 6.07) is 1.58. The number of rotatable bonds is 1. The van der Waals surface area contributed by atoms with Crippen molar-refractivity contribution in [3.05, 3.63) is 28.2 Å². The van der Waals surface area contributed by atoms with Gasteiger partial charge in [0.15, 0.2) is 0 Å². The van der Waals surface area contributed by atoms with Crippen LogP contribution < -0.4 is 10.4 Å². The third-order valence-corrected chi connectivity index (χ3v) is 2.79. The number of aromatic nitrogens is 2. The second-order valence-corrected chi connectivity index (χ2v) is 4.10. The van der Waals surface area contributed by atoms with E-state index in [-0.39, 0.29) is 0 Å². The molecule has 92 valence electrons. The summed E-state index contributed by atoms with van der Waals surface area (Å²) in [5, 5.41) is 3.71. The van der Waals surface area contributed by atoms with Crippen LogP contribution >= 0.6 is 0 Å². The van der Waals surface area contributed by atoms with Gasteiger partial charge in [0.25, 0.3) is 0 Å². The lowest BCUT2D eigenvalue weighted by atomic mass is 10.1. The molecule has 0 N–H and O–H groups in total. The molecule has 0 bridgehead atoms. The SMILES string of the molecule is Cc1ccnn(OC(=O)N2CCCCC2)c1=O. The number of aryl methyl sites for hydroxylation is 1. The first kappa shape index (κ1) is 11.6. The highest BCUT2D eigenvalue weighted by Crippen LogP contribution is 2.08. The lowest BCUT2D eigenvalue weighted by Crippen LogP contribution is -2.43. The van der Waals surface area contributed by atoms with E-state index in [0.717, 1.165) is 24.1 Å². The highest BCUT2D eigenvalue weighted by Gasteiger charge is 2.19. The van der Waals surface area contributed by atoms with Crippen LogP contribution in [-0.4, -0.2) is 34.0 Å². The normalized spacial score (nSPS) is 15.7. The second-order valence-electron chi connectivity index (χ2n) is 4.10. The quantitative estimate of drug-likeness (QED) is 0.717. The first-order valence-corrected chi connectivity index (χ1v) is 5.70. The predicted molar refractivity (Wildman–Crippen MR) is 60.6 cm³/mol. The maximum Gasteiger partial charge on any atom is 0.436 e. The molecule has 1 aromatic rings. The highest BCUT2D eigenvalue weighted by molar-refractivity contribution is 5.67. The average molecular weight is 237 g/mol. The van der Waals surface area contributed by atoms with Crippen LogP contribution in [0.25, 0.3) is 0 Å². The number of carbonyl (C=O) groups excluding carboxylic acids is 1. The minimum Gasteiger partial charge on any atom is -0.306 e. The molecule has 0 atom stereocenters. The van der Waals surface area contributed by atoms with Gasteiger partial charge in [0.2, 0.25) is 0 Å². The molecule has 6 nitrogen and oxygen atoms in total. The van der Waals surface area contributed by atoms with Crippen molar-refractivity contribution in [2.24, 2.45) is 0 Å². The van der Waals surface area contributed by atoms with Crippen LogP contribution in [0.15, 0.2) is 17.1 Å². The molecule has 0 unspecified atom stereocenters. The van der Waals surface area contributed by atoms with Crippen molar-refractivity contribution in [2.75, 3.05) is 13.1 Å². The summed E-state index contributed by atoms with van der Waals surface area (Å²) in [6.07, 6.45) is 4.01. The monoisotopic (exact) mass is 237 g/mol. The van der Waals surface area contributed by atoms with Crippen LogP contribution in [0.2, 0.25) is 0 Å². The van der Waals surface area contributed by atoms with E-state index in [2.05, 4.69) is 5.10 Å². The van der Waals surface area contributed by atoms with Crippen molar-refractivity contribution in [2.45, 2.75) is 26.2 Å². The smallest absolute Gasteiger partial charge is 0.306 e. The Morgan fingerprint density at radius 2 is 2.06 bits per heavy atom. The zero-order valence-corrected chi connectivity index (χ0v) is 9.76. The lowest BCUT2D eigenvalue weighted by Gasteiger charge is -2.25. The van der Waals surface area contributed by atoms with Crippen molar-refractivity contribution >= 4 is 6.09 Å². The van der Waals surface area contributed by atoms with Crippen molar-refractivity contribution in [3.63, 3.8) is 0 Å². The van der Waals surface area contributed by atoms with Crippen molar-refractivity contribution in [1.29, 1.82) is 0 Å². The summed E-state index contributed by atoms with van der Waals surface area (Å²) in [5.74, 6) is 0. The number of likely N-dealkylation sites (tertiary alicyclic amines) is 1. The standard InChI is InChI=1S/C11H15N3O3/c1-9-5-6-12-14(10(9)15)17-11(16)13-7-3-2-4-8-13/h5-6H,2-4,7-8H2,1H3. The van der Waals surface area contributed by atoms with Gasteiger partial charge in [0.1, 0.15) is 0 Å². The van der Waals surface area contributed by atoms with E-state index < -0.39 is 11.7 Å². The number of nitrogens with zero attached hydrogens (tertiary/aromatic N) is 3. The van der Waals surface area contributed by atoms with E-state index in [1.54, 1.807) is 17.9 Å². The highest BCUT2D eigenvalue weighted by atomic mass is 16.7. The second kappa shape index (κ2) is 4.99. The zero-order valence-electron chi connectivity index (χ0n) is 9.76. The molecular formula is C11H15N3O3. The Kier molecular flexibility index (Phi) is 3.41. The van der Waals surface area contributed by atoms with E-state index in [4.69, 9.17) is 4.84 Å². The van der Waals surface area contributed by atoms with Gasteiger partial charge in [-0.15, -0.1) is 5.10 Å². The third kappa shape index (κ3) is 2.64. The average Bonchev–Trinajstić information content (AvgIpc) is 2.36. The molecule has 0 aliphatic carbocycles. The van der Waals surface area contributed by atoms with Crippen LogP contribution in [0, 0.1) is 6.92 Å². The Morgan fingerprint density at radius 1 is 1.35 bits per heavy atom. The van der Waals surface area contributed by atoms with E-state index in [1.165, 1.54) is 6.20 Å². The fourth-order valence-electron chi connectivity index (χ4n) is 1.75. The molecule has 1 aliphatic rings. The molecule has 0 saturated carbocycles. The Labute approximate surface area is 98.7 Å². The molecule has 1 aromatic heterocycles. The summed E-state index contributed by atoms with van der Waals surface area (Å²) < 4.78 is 0. The lowest BCUT2D eigenvalue weighted by molar-refractivity contribution is 0.0672. The van der Waals surface area contributed by atoms with E-state index in [0.29, 0.717) is 18.7 Å². The topological polar surface area (TPSA) is 64.4 Å². The van der Waals surface area contributed by atoms with Crippen LogP contribution in [0.1, 0.15) is 24.8 Å². The van der Waals surface area contributed by atoms with E-state index in [9.17, 15) is 9.59 Å². The minimum absolute atomic E-state index is 0.405. The molecule has 0 spiro atoms. The third-order valence-electron chi connectivity index (χ3n) is 2.79. The van der Waals surface area contributed by atoms with Gasteiger partial charge in [-0.25, -0.2) is 4.79 Å². The van der Waals surface area contributed by atoms with Gasteiger partial charge >= 0.3 is 11.7 Å². The molecule has 2 rings (SSSR count). The molecule has 2 heterocycles. The van der Waals surface area contributed by atoms with Gasteiger partial charge in [-0.3, -0.25) is 9.63 Å². The fraction of sp³-hybridized carbons (Fsp3) is 0.545. The van der Waals surface area contributed by atoms with Gasteiger partial charge in [-0.2, -0.15) is 0 Å². The summed E-state index contributed by atoms with van der Waals surface area (Å²) in [7, 11) is 0. The van der Waals surface area contributed by atoms with Crippen molar-refractivity contribution in [1.82, 2.24) is 14.8 Å². The minimum atomic E-state index is -0.509. The Bertz CT molecular complexity index is 463. The number of hydrogen-bond donors (Lipinski definition) is 0. The van der Waals surface area contributed by atoms with Gasteiger partial charge < -0.3 is 4.90 Å². The first-order chi connectivity index (χ1) is 8.18. The van der Waals surface area contributed by atoms with E-state index in [1.807, 2.05) is 0 Å². The molecule has 1 saturated heterocycles. The van der Waals surface area contributed by atoms with Gasteiger partial charge in [0.05, 0.1) is 6.20 Å². The number of carbonyl (C=O) groups is 1. The van der Waals surface area contributed by atoms with Crippen molar-refractivity contribution in [3.8, 4) is 0 Å². The Morgan fingerprint density at radius 3 is 2.76 bits per heavy atom. The number of amides is 1.